The van der Waals surface area contributed by atoms with Crippen LogP contribution in [0.5, 0.6) is 0 Å². The maximum atomic E-state index is 12.8. The van der Waals surface area contributed by atoms with Gasteiger partial charge in [-0.3, -0.25) is 9.59 Å². The van der Waals surface area contributed by atoms with Crippen LogP contribution < -0.4 is 10.1 Å². The van der Waals surface area contributed by atoms with Crippen molar-refractivity contribution in [3.8, 4) is 23.5 Å². The Hall–Kier alpha value is -3.95. The molecule has 0 fully saturated rings. The number of nitrogens with one attached hydrogen (secondary N) is 1. The minimum Gasteiger partial charge on any atom is -0.326 e. The van der Waals surface area contributed by atoms with E-state index in [2.05, 4.69) is 16.2 Å². The molecule has 2 amide bonds. The van der Waals surface area contributed by atoms with Gasteiger partial charge < -0.3 is 9.88 Å². The monoisotopic (exact) mass is 425 g/mol. The average Bonchev–Trinajstić information content (AvgIpc) is 3.10. The quantitative estimate of drug-likeness (QED) is 0.482. The number of thiazole rings is 1. The van der Waals surface area contributed by atoms with E-state index in [4.69, 9.17) is 6.42 Å². The maximum absolute atomic E-state index is 12.8. The second-order valence-electron chi connectivity index (χ2n) is 6.90. The van der Waals surface area contributed by atoms with Crippen LogP contribution in [0.1, 0.15) is 17.3 Å². The Morgan fingerprint density at radius 3 is 2.42 bits per heavy atom. The van der Waals surface area contributed by atoms with Crippen LogP contribution >= 0.6 is 11.3 Å². The van der Waals surface area contributed by atoms with Crippen molar-refractivity contribution in [1.82, 2.24) is 4.57 Å². The number of rotatable bonds is 4. The lowest BCUT2D eigenvalue weighted by Crippen LogP contribution is -2.16. The van der Waals surface area contributed by atoms with Crippen molar-refractivity contribution in [2.24, 2.45) is 4.99 Å². The van der Waals surface area contributed by atoms with Gasteiger partial charge in [-0.05, 0) is 41.5 Å². The van der Waals surface area contributed by atoms with Crippen molar-refractivity contribution in [3.05, 3.63) is 83.2 Å². The second kappa shape index (κ2) is 8.82. The fraction of sp³-hybridized carbons (Fsp3) is 0.0800. The Morgan fingerprint density at radius 1 is 1.03 bits per heavy atom. The normalized spacial score (nSPS) is 11.3. The first-order chi connectivity index (χ1) is 15.0. The van der Waals surface area contributed by atoms with E-state index >= 15 is 0 Å². The first kappa shape index (κ1) is 20.3. The van der Waals surface area contributed by atoms with Gasteiger partial charge >= 0.3 is 0 Å². The van der Waals surface area contributed by atoms with Gasteiger partial charge in [0.2, 0.25) is 5.91 Å². The topological polar surface area (TPSA) is 63.5 Å². The summed E-state index contributed by atoms with van der Waals surface area (Å²) >= 11 is 1.36. The van der Waals surface area contributed by atoms with Gasteiger partial charge in [-0.25, -0.2) is 0 Å². The third-order valence-corrected chi connectivity index (χ3v) is 5.73. The third-order valence-electron chi connectivity index (χ3n) is 4.69. The molecule has 1 heterocycles. The lowest BCUT2D eigenvalue weighted by Gasteiger charge is -2.03. The highest BCUT2D eigenvalue weighted by Gasteiger charge is 2.10. The summed E-state index contributed by atoms with van der Waals surface area (Å²) in [4.78, 5) is 29.0. The van der Waals surface area contributed by atoms with Crippen LogP contribution in [0.4, 0.5) is 5.69 Å². The first-order valence-corrected chi connectivity index (χ1v) is 10.5. The number of fused-ring (bicyclic) bond motifs is 1. The summed E-state index contributed by atoms with van der Waals surface area (Å²) in [5.74, 6) is 2.14. The molecule has 0 aliphatic rings. The fourth-order valence-corrected chi connectivity index (χ4v) is 4.34. The molecule has 0 atom stereocenters. The molecule has 0 bridgehead atoms. The Kier molecular flexibility index (Phi) is 5.78. The molecular formula is C25H19N3O2S. The smallest absolute Gasteiger partial charge is 0.279 e. The Morgan fingerprint density at radius 2 is 1.74 bits per heavy atom. The van der Waals surface area contributed by atoms with E-state index in [0.717, 1.165) is 21.3 Å². The highest BCUT2D eigenvalue weighted by molar-refractivity contribution is 7.16. The van der Waals surface area contributed by atoms with Gasteiger partial charge in [-0.1, -0.05) is 59.7 Å². The molecule has 31 heavy (non-hydrogen) atoms. The van der Waals surface area contributed by atoms with Gasteiger partial charge in [0.05, 0.1) is 16.8 Å². The van der Waals surface area contributed by atoms with E-state index in [9.17, 15) is 9.59 Å². The van der Waals surface area contributed by atoms with E-state index in [-0.39, 0.29) is 11.8 Å². The summed E-state index contributed by atoms with van der Waals surface area (Å²) in [7, 11) is 0. The molecule has 0 aliphatic carbocycles. The molecule has 5 nitrogen and oxygen atoms in total. The molecule has 0 saturated carbocycles. The number of terminal acetylenes is 1. The van der Waals surface area contributed by atoms with Crippen LogP contribution in [0.2, 0.25) is 0 Å². The van der Waals surface area contributed by atoms with Gasteiger partial charge in [0.15, 0.2) is 4.80 Å². The van der Waals surface area contributed by atoms with Crippen molar-refractivity contribution in [2.45, 2.75) is 13.5 Å². The van der Waals surface area contributed by atoms with Crippen LogP contribution in [0.25, 0.3) is 21.3 Å². The molecule has 3 aromatic carbocycles. The number of hydrogen-bond donors (Lipinski definition) is 1. The zero-order valence-electron chi connectivity index (χ0n) is 16.8. The standard InChI is InChI=1S/C25H19N3O2S/c1-3-15-28-22-14-13-21(26-17(2)29)16-23(22)31-25(28)27-24(30)20-11-9-19(10-12-20)18-7-5-4-6-8-18/h1,4-14,16H,15H2,2H3,(H,26,29). The number of anilines is 1. The summed E-state index contributed by atoms with van der Waals surface area (Å²) in [6, 6.07) is 22.9. The van der Waals surface area contributed by atoms with Crippen LogP contribution in [0.3, 0.4) is 0 Å². The summed E-state index contributed by atoms with van der Waals surface area (Å²) in [5, 5.41) is 2.76. The number of carbonyl (C=O) groups is 2. The van der Waals surface area contributed by atoms with Gasteiger partial charge in [-0.2, -0.15) is 4.99 Å². The molecule has 4 aromatic rings. The minimum atomic E-state index is -0.334. The highest BCUT2D eigenvalue weighted by atomic mass is 32.1. The molecule has 0 aliphatic heterocycles. The summed E-state index contributed by atoms with van der Waals surface area (Å²) < 4.78 is 2.71. The zero-order valence-corrected chi connectivity index (χ0v) is 17.6. The van der Waals surface area contributed by atoms with Gasteiger partial charge in [0, 0.05) is 18.2 Å². The van der Waals surface area contributed by atoms with E-state index in [1.165, 1.54) is 18.3 Å². The van der Waals surface area contributed by atoms with Gasteiger partial charge in [0.1, 0.15) is 0 Å². The van der Waals surface area contributed by atoms with Crippen LogP contribution in [0.15, 0.2) is 77.8 Å². The summed E-state index contributed by atoms with van der Waals surface area (Å²) in [6.07, 6.45) is 5.54. The van der Waals surface area contributed by atoms with Crippen LogP contribution in [-0.2, 0) is 11.3 Å². The number of hydrogen-bond acceptors (Lipinski definition) is 3. The molecule has 6 heteroatoms. The summed E-state index contributed by atoms with van der Waals surface area (Å²) in [5.41, 5.74) is 4.17. The minimum absolute atomic E-state index is 0.147. The Balaban J connectivity index is 1.70. The molecule has 0 spiro atoms. The molecule has 0 unspecified atom stereocenters. The van der Waals surface area contributed by atoms with Crippen LogP contribution in [-0.4, -0.2) is 16.4 Å². The number of amides is 2. The SMILES string of the molecule is C#CCn1c(=NC(=O)c2ccc(-c3ccccc3)cc2)sc2cc(NC(C)=O)ccc21. The number of aromatic nitrogens is 1. The molecule has 152 valence electrons. The largest absolute Gasteiger partial charge is 0.326 e. The van der Waals surface area contributed by atoms with Gasteiger partial charge in [-0.15, -0.1) is 6.42 Å². The number of nitrogens with zero attached hydrogens (tertiary/aromatic N) is 2. The van der Waals surface area contributed by atoms with Crippen molar-refractivity contribution in [1.29, 1.82) is 0 Å². The lowest BCUT2D eigenvalue weighted by molar-refractivity contribution is -0.114. The van der Waals surface area contributed by atoms with E-state index in [0.29, 0.717) is 22.6 Å². The Bertz CT molecular complexity index is 1370. The molecule has 1 aromatic heterocycles. The van der Waals surface area contributed by atoms with E-state index in [1.54, 1.807) is 18.2 Å². The third kappa shape index (κ3) is 4.47. The average molecular weight is 426 g/mol. The van der Waals surface area contributed by atoms with Crippen LogP contribution in [0, 0.1) is 12.3 Å². The lowest BCUT2D eigenvalue weighted by atomic mass is 10.0. The number of benzene rings is 3. The Labute approximate surface area is 183 Å². The predicted octanol–water partition coefficient (Wildman–Crippen LogP) is 4.70. The number of carbonyl (C=O) groups excluding carboxylic acids is 2. The van der Waals surface area contributed by atoms with Crippen molar-refractivity contribution < 1.29 is 9.59 Å². The summed E-state index contributed by atoms with van der Waals surface area (Å²) in [6.45, 7) is 1.75. The van der Waals surface area contributed by atoms with Crippen molar-refractivity contribution >= 4 is 39.1 Å². The molecular weight excluding hydrogens is 406 g/mol. The highest BCUT2D eigenvalue weighted by Crippen LogP contribution is 2.23. The second-order valence-corrected chi connectivity index (χ2v) is 7.91. The molecule has 1 N–H and O–H groups in total. The molecule has 0 radical (unpaired) electrons. The van der Waals surface area contributed by atoms with E-state index < -0.39 is 0 Å². The zero-order chi connectivity index (χ0) is 21.8. The molecule has 0 saturated heterocycles. The molecule has 4 rings (SSSR count). The fourth-order valence-electron chi connectivity index (χ4n) is 3.27. The van der Waals surface area contributed by atoms with Crippen molar-refractivity contribution in [2.75, 3.05) is 5.32 Å². The maximum Gasteiger partial charge on any atom is 0.279 e. The van der Waals surface area contributed by atoms with Gasteiger partial charge in [0.25, 0.3) is 5.91 Å². The first-order valence-electron chi connectivity index (χ1n) is 9.64. The van der Waals surface area contributed by atoms with E-state index in [1.807, 2.05) is 59.2 Å². The van der Waals surface area contributed by atoms with Crippen molar-refractivity contribution in [3.63, 3.8) is 0 Å². The predicted molar refractivity (Wildman–Crippen MR) is 125 cm³/mol.